The van der Waals surface area contributed by atoms with Gasteiger partial charge in [-0.05, 0) is 73.1 Å². The van der Waals surface area contributed by atoms with Crippen LogP contribution in [-0.2, 0) is 0 Å². The molecule has 0 aromatic heterocycles. The molecular formula is C20H25N3O2S. The number of thiocarbonyl (C=S) groups is 1. The number of hydrogen-bond acceptors (Lipinski definition) is 4. The van der Waals surface area contributed by atoms with Gasteiger partial charge >= 0.3 is 0 Å². The SMILES string of the molecule is COc1ccc(NC(=S)NC[C@H]2CCN(c3ccc(OC)cc3)C2)cc1. The van der Waals surface area contributed by atoms with Crippen molar-refractivity contribution in [1.82, 2.24) is 5.32 Å². The van der Waals surface area contributed by atoms with Crippen molar-refractivity contribution in [3.8, 4) is 11.5 Å². The molecule has 1 saturated heterocycles. The second kappa shape index (κ2) is 8.76. The van der Waals surface area contributed by atoms with Crippen LogP contribution in [0, 0.1) is 5.92 Å². The zero-order valence-corrected chi connectivity index (χ0v) is 16.0. The van der Waals surface area contributed by atoms with Crippen LogP contribution >= 0.6 is 12.2 Å². The first-order valence-electron chi connectivity index (χ1n) is 8.76. The summed E-state index contributed by atoms with van der Waals surface area (Å²) in [4.78, 5) is 2.41. The van der Waals surface area contributed by atoms with E-state index in [0.29, 0.717) is 11.0 Å². The molecule has 2 N–H and O–H groups in total. The first-order chi connectivity index (χ1) is 12.7. The zero-order chi connectivity index (χ0) is 18.4. The van der Waals surface area contributed by atoms with Gasteiger partial charge in [0, 0.05) is 31.0 Å². The highest BCUT2D eigenvalue weighted by molar-refractivity contribution is 7.80. The molecule has 1 aliphatic heterocycles. The van der Waals surface area contributed by atoms with Crippen LogP contribution in [0.1, 0.15) is 6.42 Å². The molecule has 1 aliphatic rings. The molecule has 5 nitrogen and oxygen atoms in total. The molecule has 138 valence electrons. The van der Waals surface area contributed by atoms with Gasteiger partial charge in [0.1, 0.15) is 11.5 Å². The van der Waals surface area contributed by atoms with E-state index in [1.807, 2.05) is 36.4 Å². The van der Waals surface area contributed by atoms with Crippen molar-refractivity contribution in [3.63, 3.8) is 0 Å². The average molecular weight is 372 g/mol. The van der Waals surface area contributed by atoms with Crippen LogP contribution in [0.5, 0.6) is 11.5 Å². The molecule has 0 saturated carbocycles. The van der Waals surface area contributed by atoms with Crippen LogP contribution in [0.4, 0.5) is 11.4 Å². The number of hydrogen-bond donors (Lipinski definition) is 2. The quantitative estimate of drug-likeness (QED) is 0.758. The Balaban J connectivity index is 1.43. The maximum atomic E-state index is 5.40. The molecule has 0 bridgehead atoms. The van der Waals surface area contributed by atoms with E-state index in [4.69, 9.17) is 21.7 Å². The first kappa shape index (κ1) is 18.3. The largest absolute Gasteiger partial charge is 0.497 e. The summed E-state index contributed by atoms with van der Waals surface area (Å²) in [5.74, 6) is 2.30. The van der Waals surface area contributed by atoms with Gasteiger partial charge in [-0.2, -0.15) is 0 Å². The third-order valence-electron chi connectivity index (χ3n) is 4.62. The lowest BCUT2D eigenvalue weighted by Crippen LogP contribution is -2.34. The van der Waals surface area contributed by atoms with Gasteiger partial charge in [-0.15, -0.1) is 0 Å². The smallest absolute Gasteiger partial charge is 0.170 e. The molecule has 0 spiro atoms. The van der Waals surface area contributed by atoms with Gasteiger partial charge in [0.2, 0.25) is 0 Å². The lowest BCUT2D eigenvalue weighted by molar-refractivity contribution is 0.414. The number of anilines is 2. The minimum absolute atomic E-state index is 0.577. The maximum absolute atomic E-state index is 5.40. The van der Waals surface area contributed by atoms with Gasteiger partial charge < -0.3 is 25.0 Å². The van der Waals surface area contributed by atoms with Gasteiger partial charge in [-0.25, -0.2) is 0 Å². The molecule has 1 fully saturated rings. The Hall–Kier alpha value is -2.47. The van der Waals surface area contributed by atoms with Crippen molar-refractivity contribution in [2.24, 2.45) is 5.92 Å². The van der Waals surface area contributed by atoms with Crippen LogP contribution in [0.3, 0.4) is 0 Å². The maximum Gasteiger partial charge on any atom is 0.170 e. The normalized spacial score (nSPS) is 16.2. The van der Waals surface area contributed by atoms with Crippen LogP contribution in [0.25, 0.3) is 0 Å². The topological polar surface area (TPSA) is 45.8 Å². The van der Waals surface area contributed by atoms with E-state index in [1.54, 1.807) is 14.2 Å². The van der Waals surface area contributed by atoms with Crippen LogP contribution in [0.15, 0.2) is 48.5 Å². The van der Waals surface area contributed by atoms with Gasteiger partial charge in [-0.1, -0.05) is 0 Å². The van der Waals surface area contributed by atoms with E-state index in [1.165, 1.54) is 5.69 Å². The molecule has 2 aromatic carbocycles. The predicted molar refractivity (Wildman–Crippen MR) is 111 cm³/mol. The highest BCUT2D eigenvalue weighted by Gasteiger charge is 2.22. The molecule has 1 heterocycles. The van der Waals surface area contributed by atoms with Crippen molar-refractivity contribution in [2.75, 3.05) is 44.1 Å². The van der Waals surface area contributed by atoms with Crippen LogP contribution in [0.2, 0.25) is 0 Å². The summed E-state index contributed by atoms with van der Waals surface area (Å²) in [6.45, 7) is 2.97. The molecule has 26 heavy (non-hydrogen) atoms. The number of methoxy groups -OCH3 is 2. The first-order valence-corrected chi connectivity index (χ1v) is 9.16. The van der Waals surface area contributed by atoms with Crippen LogP contribution in [-0.4, -0.2) is 39.0 Å². The lowest BCUT2D eigenvalue weighted by atomic mass is 10.1. The molecule has 0 unspecified atom stereocenters. The fourth-order valence-electron chi connectivity index (χ4n) is 3.11. The van der Waals surface area contributed by atoms with Gasteiger partial charge in [0.15, 0.2) is 5.11 Å². The summed E-state index contributed by atoms with van der Waals surface area (Å²) in [5, 5.41) is 7.20. The Kier molecular flexibility index (Phi) is 6.17. The molecular weight excluding hydrogens is 346 g/mol. The Labute approximate surface area is 160 Å². The zero-order valence-electron chi connectivity index (χ0n) is 15.2. The molecule has 1 atom stereocenters. The standard InChI is InChI=1S/C20H25N3O2S/c1-24-18-7-3-16(4-8-18)22-20(26)21-13-15-11-12-23(14-15)17-5-9-19(25-2)10-6-17/h3-10,15H,11-14H2,1-2H3,(H2,21,22,26)/t15-/m1/s1. The summed E-state index contributed by atoms with van der Waals surface area (Å²) >= 11 is 5.40. The summed E-state index contributed by atoms with van der Waals surface area (Å²) in [6, 6.07) is 16.0. The molecule has 6 heteroatoms. The number of rotatable bonds is 6. The second-order valence-electron chi connectivity index (χ2n) is 6.36. The summed E-state index contributed by atoms with van der Waals surface area (Å²) in [5.41, 5.74) is 2.20. The molecule has 2 aromatic rings. The summed E-state index contributed by atoms with van der Waals surface area (Å²) in [7, 11) is 3.35. The van der Waals surface area contributed by atoms with E-state index in [0.717, 1.165) is 43.2 Å². The van der Waals surface area contributed by atoms with Crippen molar-refractivity contribution in [2.45, 2.75) is 6.42 Å². The number of ether oxygens (including phenoxy) is 2. The number of benzene rings is 2. The average Bonchev–Trinajstić information content (AvgIpc) is 3.16. The molecule has 3 rings (SSSR count). The Morgan fingerprint density at radius 1 is 1.04 bits per heavy atom. The molecule has 0 radical (unpaired) electrons. The fourth-order valence-corrected chi connectivity index (χ4v) is 3.31. The highest BCUT2D eigenvalue weighted by atomic mass is 32.1. The minimum Gasteiger partial charge on any atom is -0.497 e. The monoisotopic (exact) mass is 371 g/mol. The minimum atomic E-state index is 0.577. The molecule has 0 aliphatic carbocycles. The predicted octanol–water partition coefficient (Wildman–Crippen LogP) is 3.52. The Morgan fingerprint density at radius 3 is 2.27 bits per heavy atom. The second-order valence-corrected chi connectivity index (χ2v) is 6.77. The third-order valence-corrected chi connectivity index (χ3v) is 4.87. The molecule has 0 amide bonds. The van der Waals surface area contributed by atoms with Gasteiger partial charge in [-0.3, -0.25) is 0 Å². The van der Waals surface area contributed by atoms with E-state index < -0.39 is 0 Å². The van der Waals surface area contributed by atoms with E-state index in [-0.39, 0.29) is 0 Å². The Morgan fingerprint density at radius 2 is 1.65 bits per heavy atom. The lowest BCUT2D eigenvalue weighted by Gasteiger charge is -2.19. The Bertz CT molecular complexity index is 719. The van der Waals surface area contributed by atoms with Gasteiger partial charge in [0.25, 0.3) is 0 Å². The van der Waals surface area contributed by atoms with Crippen molar-refractivity contribution < 1.29 is 9.47 Å². The summed E-state index contributed by atoms with van der Waals surface area (Å²) in [6.07, 6.45) is 1.16. The van der Waals surface area contributed by atoms with Gasteiger partial charge in [0.05, 0.1) is 14.2 Å². The van der Waals surface area contributed by atoms with E-state index in [9.17, 15) is 0 Å². The third kappa shape index (κ3) is 4.79. The summed E-state index contributed by atoms with van der Waals surface area (Å²) < 4.78 is 10.4. The number of nitrogens with zero attached hydrogens (tertiary/aromatic N) is 1. The van der Waals surface area contributed by atoms with E-state index in [2.05, 4.69) is 27.7 Å². The van der Waals surface area contributed by atoms with Crippen molar-refractivity contribution >= 4 is 28.7 Å². The fraction of sp³-hybridized carbons (Fsp3) is 0.350. The van der Waals surface area contributed by atoms with E-state index >= 15 is 0 Å². The van der Waals surface area contributed by atoms with Crippen molar-refractivity contribution in [1.29, 1.82) is 0 Å². The number of nitrogens with one attached hydrogen (secondary N) is 2. The van der Waals surface area contributed by atoms with Crippen molar-refractivity contribution in [3.05, 3.63) is 48.5 Å². The van der Waals surface area contributed by atoms with Crippen LogP contribution < -0.4 is 25.0 Å². The highest BCUT2D eigenvalue weighted by Crippen LogP contribution is 2.25.